The number of hydrogen-bond acceptors (Lipinski definition) is 4. The largest absolute Gasteiger partial charge is 0.290 e. The van der Waals surface area contributed by atoms with E-state index in [1.165, 1.54) is 16.0 Å². The number of amides is 2. The van der Waals surface area contributed by atoms with Crippen molar-refractivity contribution < 1.29 is 9.59 Å². The molecule has 2 fully saturated rings. The summed E-state index contributed by atoms with van der Waals surface area (Å²) in [6, 6.07) is 21.1. The highest BCUT2D eigenvalue weighted by molar-refractivity contribution is 6.05. The van der Waals surface area contributed by atoms with Gasteiger partial charge < -0.3 is 0 Å². The lowest BCUT2D eigenvalue weighted by Crippen LogP contribution is -2.53. The molecule has 4 rings (SSSR count). The molecule has 5 nitrogen and oxygen atoms in total. The van der Waals surface area contributed by atoms with Crippen molar-refractivity contribution in [2.45, 2.75) is 25.4 Å². The molecule has 2 aliphatic heterocycles. The van der Waals surface area contributed by atoms with Crippen LogP contribution in [-0.2, 0) is 9.59 Å². The third-order valence-corrected chi connectivity index (χ3v) is 5.92. The molecule has 0 aliphatic carbocycles. The Balaban J connectivity index is 1.50. The molecule has 28 heavy (non-hydrogen) atoms. The molecule has 1 atom stereocenters. The van der Waals surface area contributed by atoms with Gasteiger partial charge in [-0.15, -0.1) is 0 Å². The van der Waals surface area contributed by atoms with Crippen molar-refractivity contribution in [3.8, 4) is 0 Å². The van der Waals surface area contributed by atoms with Crippen molar-refractivity contribution >= 4 is 11.8 Å². The topological polar surface area (TPSA) is 43.9 Å². The Morgan fingerprint density at radius 2 is 1.39 bits per heavy atom. The zero-order chi connectivity index (χ0) is 19.5. The van der Waals surface area contributed by atoms with Crippen LogP contribution in [0.3, 0.4) is 0 Å². The average Bonchev–Trinajstić information content (AvgIpc) is 3.03. The van der Waals surface area contributed by atoms with E-state index in [0.29, 0.717) is 13.0 Å². The van der Waals surface area contributed by atoms with Crippen molar-refractivity contribution in [1.82, 2.24) is 14.7 Å². The summed E-state index contributed by atoms with van der Waals surface area (Å²) in [5.41, 5.74) is 2.57. The molecule has 5 heteroatoms. The molecule has 0 bridgehead atoms. The Morgan fingerprint density at radius 1 is 0.857 bits per heavy atom. The highest BCUT2D eigenvalue weighted by Gasteiger charge is 2.42. The van der Waals surface area contributed by atoms with Gasteiger partial charge in [0.2, 0.25) is 11.8 Å². The fourth-order valence-electron chi connectivity index (χ4n) is 4.48. The van der Waals surface area contributed by atoms with Gasteiger partial charge in [-0.25, -0.2) is 0 Å². The minimum atomic E-state index is -0.276. The van der Waals surface area contributed by atoms with E-state index < -0.39 is 0 Å². The van der Waals surface area contributed by atoms with Crippen LogP contribution in [0, 0.1) is 0 Å². The van der Waals surface area contributed by atoms with Gasteiger partial charge in [0.1, 0.15) is 0 Å². The van der Waals surface area contributed by atoms with Crippen LogP contribution in [0.25, 0.3) is 0 Å². The Kier molecular flexibility index (Phi) is 5.55. The van der Waals surface area contributed by atoms with E-state index in [9.17, 15) is 9.59 Å². The van der Waals surface area contributed by atoms with E-state index in [0.717, 1.165) is 26.2 Å². The maximum absolute atomic E-state index is 12.6. The number of carbonyl (C=O) groups excluding carboxylic acids is 2. The van der Waals surface area contributed by atoms with E-state index >= 15 is 0 Å². The van der Waals surface area contributed by atoms with E-state index in [1.807, 2.05) is 19.1 Å². The molecule has 146 valence electrons. The van der Waals surface area contributed by atoms with Crippen LogP contribution < -0.4 is 0 Å². The summed E-state index contributed by atoms with van der Waals surface area (Å²) in [6.45, 7) is 5.69. The SMILES string of the molecule is CCN1C(=O)C[C@@H](N2CCN(C(c3ccccc3)c3ccccc3)CC2)C1=O. The highest BCUT2D eigenvalue weighted by Crippen LogP contribution is 2.30. The molecule has 0 spiro atoms. The fourth-order valence-corrected chi connectivity index (χ4v) is 4.48. The molecule has 0 saturated carbocycles. The Labute approximate surface area is 166 Å². The fraction of sp³-hybridized carbons (Fsp3) is 0.391. The van der Waals surface area contributed by atoms with Crippen LogP contribution in [0.4, 0.5) is 0 Å². The summed E-state index contributed by atoms with van der Waals surface area (Å²) in [4.78, 5) is 30.7. The first-order chi connectivity index (χ1) is 13.7. The summed E-state index contributed by atoms with van der Waals surface area (Å²) in [7, 11) is 0. The second kappa shape index (κ2) is 8.25. The van der Waals surface area contributed by atoms with Gasteiger partial charge in [0.25, 0.3) is 0 Å². The minimum Gasteiger partial charge on any atom is -0.290 e. The molecule has 2 aromatic carbocycles. The van der Waals surface area contributed by atoms with Crippen molar-refractivity contribution in [3.05, 3.63) is 71.8 Å². The number of imide groups is 1. The second-order valence-electron chi connectivity index (χ2n) is 7.49. The summed E-state index contributed by atoms with van der Waals surface area (Å²) in [6.07, 6.45) is 0.327. The van der Waals surface area contributed by atoms with Crippen molar-refractivity contribution in [1.29, 1.82) is 0 Å². The molecular weight excluding hydrogens is 350 g/mol. The number of rotatable bonds is 5. The van der Waals surface area contributed by atoms with Crippen LogP contribution in [0.15, 0.2) is 60.7 Å². The number of piperazine rings is 1. The Hall–Kier alpha value is -2.50. The number of benzene rings is 2. The smallest absolute Gasteiger partial charge is 0.247 e. The first-order valence-electron chi connectivity index (χ1n) is 10.1. The second-order valence-corrected chi connectivity index (χ2v) is 7.49. The Bertz CT molecular complexity index is 777. The molecule has 0 N–H and O–H groups in total. The van der Waals surface area contributed by atoms with Gasteiger partial charge >= 0.3 is 0 Å². The van der Waals surface area contributed by atoms with Gasteiger partial charge in [-0.05, 0) is 18.1 Å². The third kappa shape index (κ3) is 3.60. The lowest BCUT2D eigenvalue weighted by Gasteiger charge is -2.41. The maximum Gasteiger partial charge on any atom is 0.247 e. The van der Waals surface area contributed by atoms with E-state index in [-0.39, 0.29) is 23.9 Å². The predicted molar refractivity (Wildman–Crippen MR) is 109 cm³/mol. The molecule has 2 aliphatic rings. The van der Waals surface area contributed by atoms with Crippen LogP contribution >= 0.6 is 0 Å². The van der Waals surface area contributed by atoms with Crippen LogP contribution in [0.1, 0.15) is 30.5 Å². The monoisotopic (exact) mass is 377 g/mol. The molecule has 2 amide bonds. The summed E-state index contributed by atoms with van der Waals surface area (Å²) >= 11 is 0. The molecule has 0 radical (unpaired) electrons. The third-order valence-electron chi connectivity index (χ3n) is 5.92. The standard InChI is InChI=1S/C23H27N3O2/c1-2-26-21(27)17-20(23(26)28)24-13-15-25(16-14-24)22(18-9-5-3-6-10-18)19-11-7-4-8-12-19/h3-12,20,22H,2,13-17H2,1H3/t20-/m1/s1. The van der Waals surface area contributed by atoms with Gasteiger partial charge in [-0.1, -0.05) is 60.7 Å². The quantitative estimate of drug-likeness (QED) is 0.751. The van der Waals surface area contributed by atoms with Crippen molar-refractivity contribution in [2.24, 2.45) is 0 Å². The number of likely N-dealkylation sites (tertiary alicyclic amines) is 1. The van der Waals surface area contributed by atoms with E-state index in [1.54, 1.807) is 0 Å². The van der Waals surface area contributed by atoms with Gasteiger partial charge in [0.15, 0.2) is 0 Å². The molecule has 2 heterocycles. The molecule has 0 unspecified atom stereocenters. The maximum atomic E-state index is 12.6. The summed E-state index contributed by atoms with van der Waals surface area (Å²) in [5.74, 6) is -0.0602. The van der Waals surface area contributed by atoms with Crippen molar-refractivity contribution in [3.63, 3.8) is 0 Å². The van der Waals surface area contributed by atoms with Crippen LogP contribution in [0.5, 0.6) is 0 Å². The van der Waals surface area contributed by atoms with Crippen LogP contribution in [-0.4, -0.2) is 65.3 Å². The normalized spacial score (nSPS) is 21.6. The number of likely N-dealkylation sites (N-methyl/N-ethyl adjacent to an activating group) is 1. The van der Waals surface area contributed by atoms with Gasteiger partial charge in [-0.2, -0.15) is 0 Å². The van der Waals surface area contributed by atoms with Gasteiger partial charge in [0.05, 0.1) is 18.5 Å². The summed E-state index contributed by atoms with van der Waals surface area (Å²) in [5, 5.41) is 0. The number of nitrogens with zero attached hydrogens (tertiary/aromatic N) is 3. The van der Waals surface area contributed by atoms with Gasteiger partial charge in [-0.3, -0.25) is 24.3 Å². The first-order valence-corrected chi connectivity index (χ1v) is 10.1. The zero-order valence-corrected chi connectivity index (χ0v) is 16.3. The molecular formula is C23H27N3O2. The minimum absolute atomic E-state index is 0.0244. The zero-order valence-electron chi connectivity index (χ0n) is 16.3. The van der Waals surface area contributed by atoms with Crippen LogP contribution in [0.2, 0.25) is 0 Å². The molecule has 0 aromatic heterocycles. The lowest BCUT2D eigenvalue weighted by molar-refractivity contribution is -0.139. The average molecular weight is 377 g/mol. The molecule has 2 saturated heterocycles. The van der Waals surface area contributed by atoms with Crippen molar-refractivity contribution in [2.75, 3.05) is 32.7 Å². The van der Waals surface area contributed by atoms with E-state index in [4.69, 9.17) is 0 Å². The first kappa shape index (κ1) is 18.8. The lowest BCUT2D eigenvalue weighted by atomic mass is 9.96. The Morgan fingerprint density at radius 3 is 1.86 bits per heavy atom. The molecule has 2 aromatic rings. The van der Waals surface area contributed by atoms with Gasteiger partial charge in [0, 0.05) is 32.7 Å². The number of carbonyl (C=O) groups is 2. The summed E-state index contributed by atoms with van der Waals surface area (Å²) < 4.78 is 0. The van der Waals surface area contributed by atoms with E-state index in [2.05, 4.69) is 58.3 Å². The predicted octanol–water partition coefficient (Wildman–Crippen LogP) is 2.54. The highest BCUT2D eigenvalue weighted by atomic mass is 16.2. The number of hydrogen-bond donors (Lipinski definition) is 0.